The lowest BCUT2D eigenvalue weighted by atomic mass is 9.67. The van der Waals surface area contributed by atoms with Gasteiger partial charge in [0, 0.05) is 27.7 Å². The minimum Gasteiger partial charge on any atom is -0.456 e. The highest BCUT2D eigenvalue weighted by Gasteiger charge is 2.46. The fourth-order valence-corrected chi connectivity index (χ4v) is 11.0. The van der Waals surface area contributed by atoms with Gasteiger partial charge in [-0.15, -0.1) is 0 Å². The van der Waals surface area contributed by atoms with Crippen LogP contribution < -0.4 is 4.90 Å². The Hall–Kier alpha value is -8.98. The molecule has 1 heterocycles. The molecule has 13 rings (SSSR count). The third-order valence-corrected chi connectivity index (χ3v) is 14.2. The second kappa shape index (κ2) is 16.7. The van der Waals surface area contributed by atoms with E-state index in [1.807, 2.05) is 12.1 Å². The van der Waals surface area contributed by atoms with Gasteiger partial charge >= 0.3 is 0 Å². The van der Waals surface area contributed by atoms with E-state index in [1.165, 1.54) is 55.6 Å². The first-order valence-corrected chi connectivity index (χ1v) is 23.7. The SMILES string of the molecule is c1ccc(-c2ccc(N(c3ccc(-c4ccc5c(c4)oc4ccccc45)cc3)c3ccccc3-c3cccc(-c4ccc5c(c4)-c4ccccc4C5(c4ccccc4)c4ccccc4)c3)cc2)cc1. The van der Waals surface area contributed by atoms with E-state index in [0.717, 1.165) is 61.3 Å². The van der Waals surface area contributed by atoms with E-state index in [-0.39, 0.29) is 0 Å². The molecule has 1 aliphatic carbocycles. The molecule has 0 atom stereocenters. The molecule has 2 heteroatoms. The number of benzene rings is 11. The molecular formula is C67H45NO. The molecule has 0 N–H and O–H groups in total. The molecule has 0 saturated carbocycles. The molecule has 0 aliphatic heterocycles. The normalized spacial score (nSPS) is 12.5. The largest absolute Gasteiger partial charge is 0.456 e. The van der Waals surface area contributed by atoms with Crippen LogP contribution in [0.25, 0.3) is 77.6 Å². The lowest BCUT2D eigenvalue weighted by molar-refractivity contribution is 0.669. The maximum absolute atomic E-state index is 6.29. The topological polar surface area (TPSA) is 16.4 Å². The van der Waals surface area contributed by atoms with E-state index in [9.17, 15) is 0 Å². The van der Waals surface area contributed by atoms with Crippen molar-refractivity contribution in [1.82, 2.24) is 0 Å². The van der Waals surface area contributed by atoms with Crippen molar-refractivity contribution in [2.45, 2.75) is 5.41 Å². The van der Waals surface area contributed by atoms with E-state index in [2.05, 4.69) is 266 Å². The second-order valence-corrected chi connectivity index (χ2v) is 18.0. The molecular weight excluding hydrogens is 835 g/mol. The van der Waals surface area contributed by atoms with Crippen LogP contribution in [0.5, 0.6) is 0 Å². The van der Waals surface area contributed by atoms with Gasteiger partial charge in [0.25, 0.3) is 0 Å². The van der Waals surface area contributed by atoms with Gasteiger partial charge in [0.05, 0.1) is 11.1 Å². The molecule has 0 radical (unpaired) electrons. The quantitative estimate of drug-likeness (QED) is 0.144. The lowest BCUT2D eigenvalue weighted by Gasteiger charge is -2.33. The lowest BCUT2D eigenvalue weighted by Crippen LogP contribution is -2.28. The standard InChI is InChI=1S/C67H45NO/c1-4-17-46(18-5-1)47-31-37-55(38-32-47)68(56-39-33-48(34-40-56)51-35-41-60-59-27-12-15-30-65(59)69-66(60)45-51)64-29-14-11-25-57(64)52-20-16-19-49(43-52)50-36-42-63-61(44-50)58-26-10-13-28-62(58)67(63,53-21-6-2-7-22-53)54-23-8-3-9-24-54/h1-45H. The highest BCUT2D eigenvalue weighted by atomic mass is 16.3. The van der Waals surface area contributed by atoms with Crippen LogP contribution in [0.1, 0.15) is 22.3 Å². The molecule has 0 unspecified atom stereocenters. The molecule has 1 aromatic heterocycles. The third-order valence-electron chi connectivity index (χ3n) is 14.2. The van der Waals surface area contributed by atoms with Crippen LogP contribution in [-0.2, 0) is 5.41 Å². The maximum atomic E-state index is 6.29. The molecule has 11 aromatic carbocycles. The van der Waals surface area contributed by atoms with Crippen molar-refractivity contribution in [3.63, 3.8) is 0 Å². The Morgan fingerprint density at radius 1 is 0.275 bits per heavy atom. The predicted octanol–water partition coefficient (Wildman–Crippen LogP) is 18.1. The maximum Gasteiger partial charge on any atom is 0.136 e. The molecule has 1 aliphatic rings. The minimum atomic E-state index is -0.434. The number of anilines is 3. The van der Waals surface area contributed by atoms with Gasteiger partial charge in [0.1, 0.15) is 11.2 Å². The van der Waals surface area contributed by atoms with Gasteiger partial charge in [0.15, 0.2) is 0 Å². The predicted molar refractivity (Wildman–Crippen MR) is 287 cm³/mol. The first-order valence-electron chi connectivity index (χ1n) is 23.7. The Kier molecular flexibility index (Phi) is 9.77. The minimum absolute atomic E-state index is 0.434. The summed E-state index contributed by atoms with van der Waals surface area (Å²) in [5, 5.41) is 2.27. The molecule has 12 aromatic rings. The van der Waals surface area contributed by atoms with Crippen LogP contribution in [0.3, 0.4) is 0 Å². The van der Waals surface area contributed by atoms with Crippen molar-refractivity contribution in [2.24, 2.45) is 0 Å². The summed E-state index contributed by atoms with van der Waals surface area (Å²) in [6, 6.07) is 99.2. The van der Waals surface area contributed by atoms with E-state index >= 15 is 0 Å². The fourth-order valence-electron chi connectivity index (χ4n) is 11.0. The Morgan fingerprint density at radius 3 is 1.48 bits per heavy atom. The summed E-state index contributed by atoms with van der Waals surface area (Å²) in [4.78, 5) is 2.39. The Morgan fingerprint density at radius 2 is 0.754 bits per heavy atom. The summed E-state index contributed by atoms with van der Waals surface area (Å²) in [5.74, 6) is 0. The average Bonchev–Trinajstić information content (AvgIpc) is 3.95. The van der Waals surface area contributed by atoms with Crippen LogP contribution in [-0.4, -0.2) is 0 Å². The molecule has 0 fully saturated rings. The van der Waals surface area contributed by atoms with Gasteiger partial charge in [-0.2, -0.15) is 0 Å². The van der Waals surface area contributed by atoms with Crippen LogP contribution in [0.15, 0.2) is 277 Å². The van der Waals surface area contributed by atoms with E-state index < -0.39 is 5.41 Å². The third kappa shape index (κ3) is 6.80. The van der Waals surface area contributed by atoms with Crippen LogP contribution in [0.2, 0.25) is 0 Å². The second-order valence-electron chi connectivity index (χ2n) is 18.0. The van der Waals surface area contributed by atoms with Gasteiger partial charge in [-0.25, -0.2) is 0 Å². The fraction of sp³-hybridized carbons (Fsp3) is 0.0149. The van der Waals surface area contributed by atoms with E-state index in [4.69, 9.17) is 4.42 Å². The molecule has 0 amide bonds. The summed E-state index contributed by atoms with van der Waals surface area (Å²) in [7, 11) is 0. The number of nitrogens with zero attached hydrogens (tertiary/aromatic N) is 1. The number of para-hydroxylation sites is 2. The molecule has 2 nitrogen and oxygen atoms in total. The zero-order chi connectivity index (χ0) is 45.7. The Balaban J connectivity index is 0.910. The highest BCUT2D eigenvalue weighted by Crippen LogP contribution is 2.57. The first-order chi connectivity index (χ1) is 34.2. The summed E-state index contributed by atoms with van der Waals surface area (Å²) in [6.07, 6.45) is 0. The van der Waals surface area contributed by atoms with Crippen molar-refractivity contribution >= 4 is 39.0 Å². The number of rotatable bonds is 9. The zero-order valence-electron chi connectivity index (χ0n) is 37.8. The number of furan rings is 1. The van der Waals surface area contributed by atoms with Gasteiger partial charge in [0.2, 0.25) is 0 Å². The number of fused-ring (bicyclic) bond motifs is 6. The van der Waals surface area contributed by atoms with Gasteiger partial charge in [-0.1, -0.05) is 212 Å². The van der Waals surface area contributed by atoms with Gasteiger partial charge in [-0.3, -0.25) is 0 Å². The number of hydrogen-bond donors (Lipinski definition) is 0. The summed E-state index contributed by atoms with van der Waals surface area (Å²) < 4.78 is 6.29. The van der Waals surface area contributed by atoms with Gasteiger partial charge < -0.3 is 9.32 Å². The Labute approximate surface area is 402 Å². The van der Waals surface area contributed by atoms with Crippen molar-refractivity contribution < 1.29 is 4.42 Å². The van der Waals surface area contributed by atoms with Crippen LogP contribution >= 0.6 is 0 Å². The van der Waals surface area contributed by atoms with Gasteiger partial charge in [-0.05, 0) is 133 Å². The first kappa shape index (κ1) is 40.3. The van der Waals surface area contributed by atoms with E-state index in [1.54, 1.807) is 0 Å². The molecule has 324 valence electrons. The highest BCUT2D eigenvalue weighted by molar-refractivity contribution is 6.06. The van der Waals surface area contributed by atoms with Crippen molar-refractivity contribution in [2.75, 3.05) is 4.90 Å². The summed E-state index contributed by atoms with van der Waals surface area (Å²) in [5.41, 5.74) is 21.6. The Bertz CT molecular complexity index is 3780. The van der Waals surface area contributed by atoms with Crippen molar-refractivity contribution in [3.8, 4) is 55.6 Å². The molecule has 0 bridgehead atoms. The summed E-state index contributed by atoms with van der Waals surface area (Å²) in [6.45, 7) is 0. The smallest absolute Gasteiger partial charge is 0.136 e. The van der Waals surface area contributed by atoms with Crippen LogP contribution in [0.4, 0.5) is 17.1 Å². The molecule has 0 spiro atoms. The van der Waals surface area contributed by atoms with Crippen molar-refractivity contribution in [1.29, 1.82) is 0 Å². The van der Waals surface area contributed by atoms with Crippen molar-refractivity contribution in [3.05, 3.63) is 295 Å². The zero-order valence-corrected chi connectivity index (χ0v) is 37.8. The molecule has 0 saturated heterocycles. The van der Waals surface area contributed by atoms with E-state index in [0.29, 0.717) is 0 Å². The average molecular weight is 880 g/mol. The van der Waals surface area contributed by atoms with Crippen LogP contribution in [0, 0.1) is 0 Å². The molecule has 69 heavy (non-hydrogen) atoms. The monoisotopic (exact) mass is 879 g/mol. The summed E-state index contributed by atoms with van der Waals surface area (Å²) >= 11 is 0. The number of hydrogen-bond acceptors (Lipinski definition) is 2.